The third-order valence-electron chi connectivity index (χ3n) is 4.69. The second-order valence-electron chi connectivity index (χ2n) is 6.48. The van der Waals surface area contributed by atoms with E-state index in [2.05, 4.69) is 5.32 Å². The van der Waals surface area contributed by atoms with E-state index in [1.165, 1.54) is 0 Å². The number of likely N-dealkylation sites (tertiary alicyclic amines) is 1. The van der Waals surface area contributed by atoms with Gasteiger partial charge in [-0.2, -0.15) is 0 Å². The van der Waals surface area contributed by atoms with Gasteiger partial charge in [0.15, 0.2) is 6.61 Å². The molecule has 0 aromatic heterocycles. The van der Waals surface area contributed by atoms with Gasteiger partial charge in [0.05, 0.1) is 11.8 Å². The highest BCUT2D eigenvalue weighted by atomic mass is 35.5. The summed E-state index contributed by atoms with van der Waals surface area (Å²) in [6.07, 6.45) is 3.20. The summed E-state index contributed by atoms with van der Waals surface area (Å²) in [5, 5.41) is 3.01. The van der Waals surface area contributed by atoms with Crippen molar-refractivity contribution in [1.29, 1.82) is 0 Å². The molecule has 1 heterocycles. The van der Waals surface area contributed by atoms with Crippen LogP contribution < -0.4 is 5.32 Å². The monoisotopic (exact) mass is 378 g/mol. The quantitative estimate of drug-likeness (QED) is 0.624. The van der Waals surface area contributed by atoms with Crippen LogP contribution in [0, 0.1) is 11.8 Å². The van der Waals surface area contributed by atoms with Crippen LogP contribution >= 0.6 is 11.6 Å². The van der Waals surface area contributed by atoms with Crippen LogP contribution in [0.5, 0.6) is 0 Å². The summed E-state index contributed by atoms with van der Waals surface area (Å²) in [6.45, 7) is -0.955. The highest BCUT2D eigenvalue weighted by Gasteiger charge is 2.48. The van der Waals surface area contributed by atoms with Crippen molar-refractivity contribution in [2.75, 3.05) is 18.5 Å². The molecule has 7 nitrogen and oxygen atoms in total. The van der Waals surface area contributed by atoms with E-state index in [1.54, 1.807) is 24.3 Å². The van der Waals surface area contributed by atoms with Crippen molar-refractivity contribution in [2.45, 2.75) is 25.7 Å². The summed E-state index contributed by atoms with van der Waals surface area (Å²) in [4.78, 5) is 49.3. The minimum atomic E-state index is -0.786. The first kappa shape index (κ1) is 18.4. The molecule has 2 aliphatic rings. The Balaban J connectivity index is 1.49. The Kier molecular flexibility index (Phi) is 5.56. The lowest BCUT2D eigenvalue weighted by atomic mass is 9.81. The molecule has 1 aromatic rings. The minimum Gasteiger partial charge on any atom is -0.454 e. The smallest absolute Gasteiger partial charge is 0.326 e. The van der Waals surface area contributed by atoms with Gasteiger partial charge in [0, 0.05) is 10.7 Å². The fourth-order valence-electron chi connectivity index (χ4n) is 3.47. The number of amides is 3. The van der Waals surface area contributed by atoms with Crippen molar-refractivity contribution in [3.63, 3.8) is 0 Å². The zero-order valence-corrected chi connectivity index (χ0v) is 14.8. The van der Waals surface area contributed by atoms with E-state index in [1.807, 2.05) is 0 Å². The number of halogens is 1. The second kappa shape index (κ2) is 7.86. The van der Waals surface area contributed by atoms with Gasteiger partial charge in [0.2, 0.25) is 11.8 Å². The number of imide groups is 1. The second-order valence-corrected chi connectivity index (χ2v) is 6.92. The number of hydrogen-bond acceptors (Lipinski definition) is 5. The van der Waals surface area contributed by atoms with Gasteiger partial charge < -0.3 is 10.1 Å². The molecule has 1 saturated carbocycles. The first-order valence-electron chi connectivity index (χ1n) is 8.52. The maximum atomic E-state index is 12.3. The zero-order valence-electron chi connectivity index (χ0n) is 14.1. The van der Waals surface area contributed by atoms with Gasteiger partial charge in [-0.3, -0.25) is 24.1 Å². The molecule has 3 amide bonds. The summed E-state index contributed by atoms with van der Waals surface area (Å²) in [7, 11) is 0. The van der Waals surface area contributed by atoms with Gasteiger partial charge in [-0.25, -0.2) is 0 Å². The zero-order chi connectivity index (χ0) is 18.7. The number of benzene rings is 1. The number of anilines is 1. The van der Waals surface area contributed by atoms with Crippen molar-refractivity contribution < 1.29 is 23.9 Å². The third-order valence-corrected chi connectivity index (χ3v) is 4.93. The molecule has 1 N–H and O–H groups in total. The molecular formula is C18H19ClN2O5. The average molecular weight is 379 g/mol. The standard InChI is InChI=1S/C18H19ClN2O5/c19-11-4-3-5-12(8-11)20-15(22)10-26-16(23)9-21-17(24)13-6-1-2-7-14(13)18(21)25/h3-5,8,13-14H,1-2,6-7,9-10H2,(H,20,22). The molecule has 2 atom stereocenters. The van der Waals surface area contributed by atoms with Crippen LogP contribution in [0.1, 0.15) is 25.7 Å². The summed E-state index contributed by atoms with van der Waals surface area (Å²) < 4.78 is 4.89. The topological polar surface area (TPSA) is 92.8 Å². The van der Waals surface area contributed by atoms with E-state index >= 15 is 0 Å². The van der Waals surface area contributed by atoms with E-state index in [-0.39, 0.29) is 23.7 Å². The van der Waals surface area contributed by atoms with Crippen molar-refractivity contribution in [3.8, 4) is 0 Å². The molecule has 2 unspecified atom stereocenters. The van der Waals surface area contributed by atoms with Gasteiger partial charge in [-0.1, -0.05) is 30.5 Å². The number of rotatable bonds is 5. The van der Waals surface area contributed by atoms with E-state index in [0.717, 1.165) is 17.7 Å². The van der Waals surface area contributed by atoms with Crippen LogP contribution in [0.4, 0.5) is 5.69 Å². The number of esters is 1. The summed E-state index contributed by atoms with van der Waals surface area (Å²) in [5.41, 5.74) is 0.479. The molecule has 0 spiro atoms. The maximum absolute atomic E-state index is 12.3. The van der Waals surface area contributed by atoms with Crippen molar-refractivity contribution in [1.82, 2.24) is 4.90 Å². The van der Waals surface area contributed by atoms with Gasteiger partial charge >= 0.3 is 5.97 Å². The lowest BCUT2D eigenvalue weighted by Crippen LogP contribution is -2.37. The van der Waals surface area contributed by atoms with Crippen molar-refractivity contribution in [2.24, 2.45) is 11.8 Å². The Morgan fingerprint density at radius 2 is 1.81 bits per heavy atom. The molecule has 138 valence electrons. The fourth-order valence-corrected chi connectivity index (χ4v) is 3.66. The molecule has 26 heavy (non-hydrogen) atoms. The molecule has 1 aliphatic carbocycles. The Bertz CT molecular complexity index is 727. The van der Waals surface area contributed by atoms with Gasteiger partial charge in [0.1, 0.15) is 6.54 Å². The Morgan fingerprint density at radius 1 is 1.15 bits per heavy atom. The number of ether oxygens (including phenoxy) is 1. The molecule has 1 aromatic carbocycles. The van der Waals surface area contributed by atoms with Crippen molar-refractivity contribution in [3.05, 3.63) is 29.3 Å². The van der Waals surface area contributed by atoms with Crippen LogP contribution in [-0.2, 0) is 23.9 Å². The summed E-state index contributed by atoms with van der Waals surface area (Å²) >= 11 is 5.82. The Hall–Kier alpha value is -2.41. The number of hydrogen-bond donors (Lipinski definition) is 1. The SMILES string of the molecule is O=C(COC(=O)CN1C(=O)C2CCCCC2C1=O)Nc1cccc(Cl)c1. The van der Waals surface area contributed by atoms with E-state index in [4.69, 9.17) is 16.3 Å². The molecule has 8 heteroatoms. The highest BCUT2D eigenvalue weighted by Crippen LogP contribution is 2.37. The number of nitrogens with one attached hydrogen (secondary N) is 1. The van der Waals surface area contributed by atoms with Crippen LogP contribution in [0.2, 0.25) is 5.02 Å². The summed E-state index contributed by atoms with van der Waals surface area (Å²) in [5.74, 6) is -2.55. The van der Waals surface area contributed by atoms with Gasteiger partial charge in [-0.05, 0) is 31.0 Å². The molecule has 3 rings (SSSR count). The van der Waals surface area contributed by atoms with Crippen LogP contribution in [0.15, 0.2) is 24.3 Å². The number of carbonyl (C=O) groups excluding carboxylic acids is 4. The van der Waals surface area contributed by atoms with Crippen LogP contribution in [-0.4, -0.2) is 41.7 Å². The third kappa shape index (κ3) is 4.04. The maximum Gasteiger partial charge on any atom is 0.326 e. The lowest BCUT2D eigenvalue weighted by molar-refractivity contribution is -0.154. The predicted molar refractivity (Wildman–Crippen MR) is 93.2 cm³/mol. The molecule has 0 radical (unpaired) electrons. The molecular weight excluding hydrogens is 360 g/mol. The normalized spacial score (nSPS) is 22.1. The van der Waals surface area contributed by atoms with Gasteiger partial charge in [0.25, 0.3) is 5.91 Å². The molecule has 0 bridgehead atoms. The number of fused-ring (bicyclic) bond motifs is 1. The fraction of sp³-hybridized carbons (Fsp3) is 0.444. The molecule has 1 saturated heterocycles. The van der Waals surface area contributed by atoms with Gasteiger partial charge in [-0.15, -0.1) is 0 Å². The first-order valence-corrected chi connectivity index (χ1v) is 8.90. The highest BCUT2D eigenvalue weighted by molar-refractivity contribution is 6.30. The number of nitrogens with zero attached hydrogens (tertiary/aromatic N) is 1. The largest absolute Gasteiger partial charge is 0.454 e. The van der Waals surface area contributed by atoms with E-state index in [0.29, 0.717) is 23.6 Å². The van der Waals surface area contributed by atoms with E-state index in [9.17, 15) is 19.2 Å². The van der Waals surface area contributed by atoms with E-state index < -0.39 is 25.0 Å². The van der Waals surface area contributed by atoms with Crippen LogP contribution in [0.25, 0.3) is 0 Å². The first-order chi connectivity index (χ1) is 12.5. The van der Waals surface area contributed by atoms with Crippen molar-refractivity contribution >= 4 is 41.0 Å². The predicted octanol–water partition coefficient (Wildman–Crippen LogP) is 2.00. The molecule has 1 aliphatic heterocycles. The summed E-state index contributed by atoms with van der Waals surface area (Å²) in [6, 6.07) is 6.55. The Morgan fingerprint density at radius 3 is 2.42 bits per heavy atom. The average Bonchev–Trinajstić information content (AvgIpc) is 2.85. The van der Waals surface area contributed by atoms with Crippen LogP contribution in [0.3, 0.4) is 0 Å². The molecule has 2 fully saturated rings. The lowest BCUT2D eigenvalue weighted by Gasteiger charge is -2.19. The number of carbonyl (C=O) groups is 4. The Labute approximate surface area is 155 Å². The minimum absolute atomic E-state index is 0.306.